The van der Waals surface area contributed by atoms with Gasteiger partial charge in [-0.05, 0) is 108 Å². The van der Waals surface area contributed by atoms with Crippen molar-refractivity contribution in [2.75, 3.05) is 19.7 Å². The molecule has 1 rings (SSSR count). The zero-order valence-corrected chi connectivity index (χ0v) is 64.4. The summed E-state index contributed by atoms with van der Waals surface area (Å²) in [4.78, 5) is 233. The van der Waals surface area contributed by atoms with E-state index in [0.29, 0.717) is 18.4 Å². The Morgan fingerprint density at radius 3 is 1.25 bits per heavy atom. The second-order valence-electron chi connectivity index (χ2n) is 27.9. The van der Waals surface area contributed by atoms with Gasteiger partial charge in [-0.25, -0.2) is 0 Å². The van der Waals surface area contributed by atoms with Crippen LogP contribution in [0.4, 0.5) is 0 Å². The van der Waals surface area contributed by atoms with Crippen molar-refractivity contribution < 1.29 is 102 Å². The normalized spacial score (nSPS) is 15.5. The van der Waals surface area contributed by atoms with Crippen LogP contribution in [0.3, 0.4) is 0 Å². The number of primary amides is 1. The standard InChI is InChI=1S/C70H117N19O21/c1-12-36(7)54(88-64(104)46(29-35(5)6)83-56(96)38(9)77-58(98)42(72)22-19-27-76-70(74)75)67(107)78-39(10)57(97)82-45(28-34(3)4)61(101)86-49(32-53(94)95)63(103)80-43(23-17-18-26-71)60(100)87-50(33-90)66(106)85-48(31-51(73)91)62(102)84-47(30-41-20-15-14-16-21-41)65(105)89-55(37(8)13-2)68(108)81-44(24-25-52(92)93)59(99)79-40(11)69(109)110/h14-16,20-21,34-40,42-50,54-55,90H,12-13,17-19,22-33,71-72H2,1-11H3,(H2,73,91)(H,77,98)(H,78,107)(H,79,99)(H,80,103)(H,81,108)(H,82,97)(H,83,96)(H,84,102)(H,85,106)(H,86,101)(H,87,100)(H,88,104)(H,89,105)(H,92,93)(H,94,95)(H,109,110)(H4,74,75,76)/t36-,37-,38-,39-,40-,42-,43-,44-,45-,46-,47-,48-,49-,50-,54-,55-/m0/s1. The molecule has 0 bridgehead atoms. The fraction of sp³-hybridized carbons (Fsp3) is 0.657. The molecule has 1 aromatic carbocycles. The number of nitrogens with one attached hydrogen (secondary N) is 13. The molecule has 0 spiro atoms. The second kappa shape index (κ2) is 50.1. The van der Waals surface area contributed by atoms with Crippen LogP contribution in [-0.4, -0.2) is 231 Å². The summed E-state index contributed by atoms with van der Waals surface area (Å²) in [5, 5.41) is 70.9. The third-order valence-electron chi connectivity index (χ3n) is 17.4. The lowest BCUT2D eigenvalue weighted by atomic mass is 9.96. The molecule has 110 heavy (non-hydrogen) atoms. The minimum atomic E-state index is -2.00. The molecule has 40 heteroatoms. The molecule has 14 amide bonds. The van der Waals surface area contributed by atoms with Crippen LogP contribution in [0.2, 0.25) is 0 Å². The van der Waals surface area contributed by atoms with Crippen molar-refractivity contribution in [2.45, 2.75) is 251 Å². The van der Waals surface area contributed by atoms with Gasteiger partial charge in [0.25, 0.3) is 0 Å². The monoisotopic (exact) mass is 1560 g/mol. The van der Waals surface area contributed by atoms with Gasteiger partial charge in [-0.1, -0.05) is 98.6 Å². The molecule has 0 unspecified atom stereocenters. The highest BCUT2D eigenvalue weighted by Gasteiger charge is 2.39. The molecule has 16 atom stereocenters. The summed E-state index contributed by atoms with van der Waals surface area (Å²) in [5.74, 6) is -20.7. The minimum absolute atomic E-state index is 0.0770. The summed E-state index contributed by atoms with van der Waals surface area (Å²) >= 11 is 0. The first-order chi connectivity index (χ1) is 51.5. The number of rotatable bonds is 53. The van der Waals surface area contributed by atoms with Crippen molar-refractivity contribution in [3.8, 4) is 0 Å². The highest BCUT2D eigenvalue weighted by Crippen LogP contribution is 2.16. The summed E-state index contributed by atoms with van der Waals surface area (Å²) < 4.78 is 0. The number of amides is 14. The number of aliphatic hydroxyl groups is 1. The van der Waals surface area contributed by atoms with Gasteiger partial charge in [0.2, 0.25) is 82.7 Å². The van der Waals surface area contributed by atoms with Gasteiger partial charge in [0.15, 0.2) is 5.96 Å². The third-order valence-corrected chi connectivity index (χ3v) is 17.4. The molecule has 0 fully saturated rings. The molecule has 40 nitrogen and oxygen atoms in total. The fourth-order valence-electron chi connectivity index (χ4n) is 10.7. The molecular formula is C70H117N19O21. The number of benzene rings is 1. The number of carboxylic acids is 3. The minimum Gasteiger partial charge on any atom is -0.481 e. The van der Waals surface area contributed by atoms with Crippen molar-refractivity contribution in [1.29, 1.82) is 0 Å². The van der Waals surface area contributed by atoms with Crippen LogP contribution in [0, 0.1) is 23.7 Å². The van der Waals surface area contributed by atoms with Crippen LogP contribution in [0.1, 0.15) is 165 Å². The summed E-state index contributed by atoms with van der Waals surface area (Å²) in [6, 6.07) is -13.5. The van der Waals surface area contributed by atoms with Crippen LogP contribution in [0.15, 0.2) is 35.3 Å². The predicted octanol–water partition coefficient (Wildman–Crippen LogP) is -5.42. The number of carboxylic acid groups (broad SMARTS) is 3. The molecule has 0 heterocycles. The lowest BCUT2D eigenvalue weighted by molar-refractivity contribution is -0.142. The van der Waals surface area contributed by atoms with Gasteiger partial charge >= 0.3 is 17.9 Å². The Labute approximate surface area is 638 Å². The third kappa shape index (κ3) is 37.0. The predicted molar refractivity (Wildman–Crippen MR) is 399 cm³/mol. The molecule has 0 aliphatic carbocycles. The number of unbranched alkanes of at least 4 members (excludes halogenated alkanes) is 1. The number of aliphatic imine (C=N–C) groups is 1. The maximum Gasteiger partial charge on any atom is 0.325 e. The Hall–Kier alpha value is -10.6. The van der Waals surface area contributed by atoms with E-state index in [2.05, 4.69) is 74.1 Å². The number of nitrogens with zero attached hydrogens (tertiary/aromatic N) is 1. The number of guanidine groups is 1. The van der Waals surface area contributed by atoms with Gasteiger partial charge in [-0.3, -0.25) is 86.5 Å². The van der Waals surface area contributed by atoms with Crippen LogP contribution in [0.25, 0.3) is 0 Å². The fourth-order valence-corrected chi connectivity index (χ4v) is 10.7. The van der Waals surface area contributed by atoms with Crippen LogP contribution in [-0.2, 0) is 87.9 Å². The zero-order chi connectivity index (χ0) is 83.8. The van der Waals surface area contributed by atoms with Gasteiger partial charge in [0, 0.05) is 19.4 Å². The number of nitrogens with two attached hydrogens (primary N) is 5. The van der Waals surface area contributed by atoms with E-state index in [1.54, 1.807) is 85.7 Å². The molecule has 27 N–H and O–H groups in total. The lowest BCUT2D eigenvalue weighted by Crippen LogP contribution is -2.62. The number of carbonyl (C=O) groups is 17. The smallest absolute Gasteiger partial charge is 0.325 e. The Balaban J connectivity index is 3.53. The quantitative estimate of drug-likeness (QED) is 0.0164. The average molecular weight is 1560 g/mol. The average Bonchev–Trinajstić information content (AvgIpc) is 0.852. The molecule has 0 aromatic heterocycles. The van der Waals surface area contributed by atoms with Gasteiger partial charge in [-0.2, -0.15) is 0 Å². The SMILES string of the molecule is CC[C@H](C)[C@H](NC(=O)[C@H](CC(C)C)NC(=O)[C@H](C)NC(=O)[C@@H](N)CCCN=C(N)N)C(=O)N[C@@H](C)C(=O)N[C@@H](CC(C)C)C(=O)N[C@@H](CC(=O)O)C(=O)N[C@@H](CCCCN)C(=O)N[C@@H](CO)C(=O)N[C@@H](CC(N)=O)C(=O)N[C@@H](Cc1ccccc1)C(=O)N[C@H](C(=O)N[C@@H](CCC(=O)O)C(=O)N[C@@H](C)C(=O)O)[C@@H](C)CC. The lowest BCUT2D eigenvalue weighted by Gasteiger charge is -2.29. The molecule has 0 saturated carbocycles. The Morgan fingerprint density at radius 1 is 0.409 bits per heavy atom. The zero-order valence-electron chi connectivity index (χ0n) is 64.4. The molecule has 1 aromatic rings. The van der Waals surface area contributed by atoms with Crippen LogP contribution >= 0.6 is 0 Å². The second-order valence-corrected chi connectivity index (χ2v) is 27.9. The van der Waals surface area contributed by atoms with E-state index in [-0.39, 0.29) is 82.3 Å². The van der Waals surface area contributed by atoms with Crippen LogP contribution < -0.4 is 97.8 Å². The largest absolute Gasteiger partial charge is 0.481 e. The summed E-state index contributed by atoms with van der Waals surface area (Å²) in [6.45, 7) is 16.4. The van der Waals surface area contributed by atoms with Gasteiger partial charge in [-0.15, -0.1) is 0 Å². The van der Waals surface area contributed by atoms with E-state index in [4.69, 9.17) is 28.7 Å². The topological polar surface area (TPSA) is 670 Å². The molecule has 0 aliphatic rings. The van der Waals surface area contributed by atoms with E-state index >= 15 is 0 Å². The first-order valence-electron chi connectivity index (χ1n) is 36.6. The van der Waals surface area contributed by atoms with E-state index in [9.17, 15) is 102 Å². The number of aliphatic carboxylic acids is 3. The van der Waals surface area contributed by atoms with E-state index in [1.165, 1.54) is 13.8 Å². The van der Waals surface area contributed by atoms with Gasteiger partial charge in [0.05, 0.1) is 25.5 Å². The Morgan fingerprint density at radius 2 is 0.800 bits per heavy atom. The highest BCUT2D eigenvalue weighted by molar-refractivity contribution is 6.01. The number of hydrogen-bond acceptors (Lipinski definition) is 21. The van der Waals surface area contributed by atoms with Crippen LogP contribution in [0.5, 0.6) is 0 Å². The van der Waals surface area contributed by atoms with Crippen molar-refractivity contribution in [1.82, 2.24) is 69.1 Å². The Bertz CT molecular complexity index is 3320. The Kier molecular flexibility index (Phi) is 44.4. The highest BCUT2D eigenvalue weighted by atomic mass is 16.4. The van der Waals surface area contributed by atoms with Crippen molar-refractivity contribution in [2.24, 2.45) is 57.3 Å². The van der Waals surface area contributed by atoms with Crippen molar-refractivity contribution in [3.05, 3.63) is 35.9 Å². The summed E-state index contributed by atoms with van der Waals surface area (Å²) in [6.07, 6.45) is -2.39. The van der Waals surface area contributed by atoms with Crippen molar-refractivity contribution in [3.63, 3.8) is 0 Å². The summed E-state index contributed by atoms with van der Waals surface area (Å²) in [5.41, 5.74) is 28.4. The van der Waals surface area contributed by atoms with Gasteiger partial charge < -0.3 is 118 Å². The van der Waals surface area contributed by atoms with E-state index in [0.717, 1.165) is 6.92 Å². The van der Waals surface area contributed by atoms with Gasteiger partial charge in [0.1, 0.15) is 78.5 Å². The molecule has 0 saturated heterocycles. The van der Waals surface area contributed by atoms with Crippen molar-refractivity contribution >= 4 is 107 Å². The maximum atomic E-state index is 14.4. The maximum absolute atomic E-state index is 14.4. The molecule has 0 aliphatic heterocycles. The molecule has 0 radical (unpaired) electrons. The van der Waals surface area contributed by atoms with E-state index < -0.39 is 229 Å². The number of carbonyl (C=O) groups excluding carboxylic acids is 14. The number of hydrogen-bond donors (Lipinski definition) is 22. The number of aliphatic hydroxyl groups excluding tert-OH is 1. The first kappa shape index (κ1) is 97.4. The van der Waals surface area contributed by atoms with E-state index in [1.807, 2.05) is 0 Å². The summed E-state index contributed by atoms with van der Waals surface area (Å²) in [7, 11) is 0. The first-order valence-corrected chi connectivity index (χ1v) is 36.6. The molecule has 618 valence electrons. The molecular weight excluding hydrogens is 1440 g/mol.